The molecule has 8 heteroatoms. The maximum absolute atomic E-state index is 14.4. The zero-order valence-electron chi connectivity index (χ0n) is 21.1. The second-order valence-electron chi connectivity index (χ2n) is 10.5. The van der Waals surface area contributed by atoms with Crippen molar-refractivity contribution < 1.29 is 9.59 Å². The Morgan fingerprint density at radius 1 is 0.850 bits per heavy atom. The number of amides is 2. The molecular formula is C32H22ClN5O2. The number of imidazole rings is 1. The summed E-state index contributed by atoms with van der Waals surface area (Å²) in [6.07, 6.45) is 1.80. The van der Waals surface area contributed by atoms with Crippen molar-refractivity contribution >= 4 is 52.3 Å². The van der Waals surface area contributed by atoms with Gasteiger partial charge in [0.15, 0.2) is 0 Å². The van der Waals surface area contributed by atoms with Crippen LogP contribution < -0.4 is 10.3 Å². The Hall–Kier alpha value is -4.75. The Balaban J connectivity index is 1.33. The molecule has 2 N–H and O–H groups in total. The highest BCUT2D eigenvalue weighted by Crippen LogP contribution is 2.63. The fourth-order valence-corrected chi connectivity index (χ4v) is 7.34. The lowest BCUT2D eigenvalue weighted by atomic mass is 9.47. The number of imide groups is 1. The number of aromatic amines is 1. The lowest BCUT2D eigenvalue weighted by Gasteiger charge is -2.52. The summed E-state index contributed by atoms with van der Waals surface area (Å²) < 4.78 is 0. The van der Waals surface area contributed by atoms with Crippen LogP contribution in [0.3, 0.4) is 0 Å². The fourth-order valence-electron chi connectivity index (χ4n) is 7.12. The summed E-state index contributed by atoms with van der Waals surface area (Å²) in [5, 5.41) is 5.04. The normalized spacial score (nSPS) is 24.4. The van der Waals surface area contributed by atoms with E-state index in [2.05, 4.69) is 44.8 Å². The van der Waals surface area contributed by atoms with Crippen molar-refractivity contribution in [3.05, 3.63) is 124 Å². The standard InChI is InChI=1S/C32H22ClN5O2/c33-22-13-5-8-16-25(22)38-29(39)27-26-18-9-1-3-11-20(18)32(28(27)30(38)40,21-12-4-2-10-19(21)26)17-34-37-31-35-23-14-6-7-15-24(23)36-31/h1-17,26-28H,(H2,35,36,37)/b34-17-/t26?,27-,28-,32?/m1/s1. The van der Waals surface area contributed by atoms with Gasteiger partial charge in [0.2, 0.25) is 17.8 Å². The summed E-state index contributed by atoms with van der Waals surface area (Å²) in [5.74, 6) is -1.55. The third-order valence-electron chi connectivity index (χ3n) is 8.61. The number of H-pyrrole nitrogens is 1. The molecule has 0 spiro atoms. The predicted octanol–water partition coefficient (Wildman–Crippen LogP) is 5.87. The van der Waals surface area contributed by atoms with Crippen molar-refractivity contribution in [3.8, 4) is 0 Å². The average molecular weight is 544 g/mol. The van der Waals surface area contributed by atoms with Gasteiger partial charge in [-0.1, -0.05) is 84.4 Å². The van der Waals surface area contributed by atoms with Gasteiger partial charge in [-0.15, -0.1) is 0 Å². The number of rotatable bonds is 4. The SMILES string of the molecule is O=C1[C@@H]2C3c4ccccc4C(/C=N\Nc4nc5ccccc5[nH]4)(c4ccccc43)[C@H]2C(=O)N1c1ccccc1Cl. The lowest BCUT2D eigenvalue weighted by molar-refractivity contribution is -0.122. The van der Waals surface area contributed by atoms with Gasteiger partial charge in [-0.25, -0.2) is 15.3 Å². The smallest absolute Gasteiger partial charge is 0.239 e. The minimum Gasteiger partial charge on any atom is -0.323 e. The predicted molar refractivity (Wildman–Crippen MR) is 155 cm³/mol. The number of para-hydroxylation sites is 3. The maximum Gasteiger partial charge on any atom is 0.239 e. The minimum absolute atomic E-state index is 0.236. The molecular weight excluding hydrogens is 522 g/mol. The lowest BCUT2D eigenvalue weighted by Crippen LogP contribution is -2.54. The van der Waals surface area contributed by atoms with Crippen molar-refractivity contribution in [2.45, 2.75) is 11.3 Å². The summed E-state index contributed by atoms with van der Waals surface area (Å²) in [6.45, 7) is 0. The number of carbonyl (C=O) groups excluding carboxylic acids is 2. The van der Waals surface area contributed by atoms with Gasteiger partial charge in [0.05, 0.1) is 39.0 Å². The van der Waals surface area contributed by atoms with E-state index >= 15 is 0 Å². The molecule has 40 heavy (non-hydrogen) atoms. The molecule has 1 saturated heterocycles. The number of halogens is 1. The van der Waals surface area contributed by atoms with Crippen LogP contribution in [0, 0.1) is 11.8 Å². The number of hydrazone groups is 1. The van der Waals surface area contributed by atoms with E-state index < -0.39 is 17.3 Å². The highest BCUT2D eigenvalue weighted by molar-refractivity contribution is 6.36. The van der Waals surface area contributed by atoms with Crippen molar-refractivity contribution in [1.82, 2.24) is 9.97 Å². The van der Waals surface area contributed by atoms with E-state index in [1.165, 1.54) is 4.90 Å². The molecule has 4 aliphatic rings. The highest BCUT2D eigenvalue weighted by Gasteiger charge is 2.68. The van der Waals surface area contributed by atoms with E-state index in [1.54, 1.807) is 30.5 Å². The van der Waals surface area contributed by atoms with E-state index in [-0.39, 0.29) is 17.7 Å². The molecule has 2 amide bonds. The molecule has 0 radical (unpaired) electrons. The molecule has 0 saturated carbocycles. The third kappa shape index (κ3) is 2.95. The number of hydrogen-bond acceptors (Lipinski definition) is 5. The van der Waals surface area contributed by atoms with Crippen LogP contribution in [-0.2, 0) is 15.0 Å². The summed E-state index contributed by atoms with van der Waals surface area (Å²) in [6, 6.07) is 30.9. The number of nitrogens with one attached hydrogen (secondary N) is 2. The van der Waals surface area contributed by atoms with Crippen molar-refractivity contribution in [3.63, 3.8) is 0 Å². The third-order valence-corrected chi connectivity index (χ3v) is 8.92. The molecule has 7 nitrogen and oxygen atoms in total. The molecule has 2 atom stereocenters. The fraction of sp³-hybridized carbons (Fsp3) is 0.125. The van der Waals surface area contributed by atoms with Crippen LogP contribution in [0.5, 0.6) is 0 Å². The van der Waals surface area contributed by atoms with E-state index in [4.69, 9.17) is 11.6 Å². The van der Waals surface area contributed by atoms with E-state index in [0.717, 1.165) is 33.3 Å². The van der Waals surface area contributed by atoms with Crippen molar-refractivity contribution in [2.24, 2.45) is 16.9 Å². The van der Waals surface area contributed by atoms with E-state index in [1.807, 2.05) is 48.5 Å². The monoisotopic (exact) mass is 543 g/mol. The number of hydrogen-bond donors (Lipinski definition) is 2. The van der Waals surface area contributed by atoms with Gasteiger partial charge in [0.25, 0.3) is 0 Å². The summed E-state index contributed by atoms with van der Waals surface area (Å²) >= 11 is 6.53. The zero-order chi connectivity index (χ0) is 27.0. The molecule has 3 aliphatic carbocycles. The number of benzene rings is 4. The topological polar surface area (TPSA) is 90.5 Å². The van der Waals surface area contributed by atoms with E-state index in [9.17, 15) is 9.59 Å². The second kappa shape index (κ2) is 8.37. The number of carbonyl (C=O) groups is 2. The van der Waals surface area contributed by atoms with Gasteiger partial charge >= 0.3 is 0 Å². The van der Waals surface area contributed by atoms with Crippen LogP contribution in [0.1, 0.15) is 28.2 Å². The van der Waals surface area contributed by atoms with Crippen LogP contribution in [0.25, 0.3) is 11.0 Å². The van der Waals surface area contributed by atoms with Crippen LogP contribution in [0.4, 0.5) is 11.6 Å². The first kappa shape index (κ1) is 23.2. The van der Waals surface area contributed by atoms with Gasteiger partial charge in [0.1, 0.15) is 0 Å². The molecule has 5 aromatic rings. The van der Waals surface area contributed by atoms with Crippen LogP contribution >= 0.6 is 11.6 Å². The van der Waals surface area contributed by atoms with Gasteiger partial charge < -0.3 is 4.98 Å². The Kier molecular flexibility index (Phi) is 4.85. The van der Waals surface area contributed by atoms with E-state index in [0.29, 0.717) is 16.7 Å². The number of fused-ring (bicyclic) bond motifs is 1. The Morgan fingerprint density at radius 2 is 1.50 bits per heavy atom. The largest absolute Gasteiger partial charge is 0.323 e. The molecule has 1 aromatic heterocycles. The number of anilines is 2. The van der Waals surface area contributed by atoms with Crippen LogP contribution in [0.2, 0.25) is 5.02 Å². The second-order valence-corrected chi connectivity index (χ2v) is 10.9. The molecule has 194 valence electrons. The van der Waals surface area contributed by atoms with Crippen LogP contribution in [-0.4, -0.2) is 28.0 Å². The zero-order valence-corrected chi connectivity index (χ0v) is 21.8. The Bertz CT molecular complexity index is 1810. The van der Waals surface area contributed by atoms with Crippen molar-refractivity contribution in [1.29, 1.82) is 0 Å². The molecule has 0 unspecified atom stereocenters. The van der Waals surface area contributed by atoms with Crippen molar-refractivity contribution in [2.75, 3.05) is 10.3 Å². The Labute approximate surface area is 234 Å². The molecule has 9 rings (SSSR count). The number of aromatic nitrogens is 2. The van der Waals surface area contributed by atoms with Gasteiger partial charge in [-0.3, -0.25) is 9.59 Å². The molecule has 4 aromatic carbocycles. The molecule has 1 fully saturated rings. The Morgan fingerprint density at radius 3 is 2.23 bits per heavy atom. The summed E-state index contributed by atoms with van der Waals surface area (Å²) in [4.78, 5) is 37.7. The molecule has 1 aliphatic heterocycles. The first-order valence-corrected chi connectivity index (χ1v) is 13.5. The van der Waals surface area contributed by atoms with Gasteiger partial charge in [-0.2, -0.15) is 5.10 Å². The first-order valence-electron chi connectivity index (χ1n) is 13.2. The van der Waals surface area contributed by atoms with Gasteiger partial charge in [0, 0.05) is 12.1 Å². The quantitative estimate of drug-likeness (QED) is 0.169. The first-order chi connectivity index (χ1) is 19.6. The molecule has 2 heterocycles. The summed E-state index contributed by atoms with van der Waals surface area (Å²) in [5.41, 5.74) is 8.24. The molecule has 2 bridgehead atoms. The average Bonchev–Trinajstić information content (AvgIpc) is 3.52. The highest BCUT2D eigenvalue weighted by atomic mass is 35.5. The summed E-state index contributed by atoms with van der Waals surface area (Å²) in [7, 11) is 0. The van der Waals surface area contributed by atoms with Gasteiger partial charge in [-0.05, 0) is 46.5 Å². The minimum atomic E-state index is -0.978. The maximum atomic E-state index is 14.4. The van der Waals surface area contributed by atoms with Crippen LogP contribution in [0.15, 0.2) is 102 Å². The number of nitrogens with zero attached hydrogens (tertiary/aromatic N) is 3.